The Labute approximate surface area is 143 Å². The zero-order valence-electron chi connectivity index (χ0n) is 14.7. The van der Waals surface area contributed by atoms with Crippen molar-refractivity contribution in [3.63, 3.8) is 0 Å². The minimum atomic E-state index is 0.123. The lowest BCUT2D eigenvalue weighted by Crippen LogP contribution is -2.46. The fourth-order valence-electron chi connectivity index (χ4n) is 2.83. The molecule has 2 rings (SSSR count). The van der Waals surface area contributed by atoms with Gasteiger partial charge in [0, 0.05) is 44.4 Å². The highest BCUT2D eigenvalue weighted by atomic mass is 32.1. The molecule has 1 aromatic rings. The fourth-order valence-corrected chi connectivity index (χ4v) is 3.79. The highest BCUT2D eigenvalue weighted by molar-refractivity contribution is 7.09. The average Bonchev–Trinajstić information content (AvgIpc) is 2.93. The van der Waals surface area contributed by atoms with Crippen LogP contribution in [-0.2, 0) is 16.0 Å². The molecular formula is C17H29N3O2S. The quantitative estimate of drug-likeness (QED) is 0.829. The van der Waals surface area contributed by atoms with Crippen molar-refractivity contribution in [2.45, 2.75) is 58.7 Å². The third-order valence-corrected chi connectivity index (χ3v) is 4.90. The Hall–Kier alpha value is -0.980. The first-order chi connectivity index (χ1) is 10.9. The Balaban J connectivity index is 1.63. The van der Waals surface area contributed by atoms with Gasteiger partial charge in [-0.3, -0.25) is 9.69 Å². The zero-order valence-corrected chi connectivity index (χ0v) is 15.5. The summed E-state index contributed by atoms with van der Waals surface area (Å²) in [4.78, 5) is 18.9. The number of carbonyl (C=O) groups is 1. The molecule has 0 aliphatic carbocycles. The van der Waals surface area contributed by atoms with E-state index in [0.29, 0.717) is 18.9 Å². The van der Waals surface area contributed by atoms with E-state index in [9.17, 15) is 4.79 Å². The van der Waals surface area contributed by atoms with Crippen LogP contribution in [0.15, 0.2) is 5.38 Å². The van der Waals surface area contributed by atoms with Crippen molar-refractivity contribution in [2.24, 2.45) is 0 Å². The van der Waals surface area contributed by atoms with E-state index in [2.05, 4.69) is 48.3 Å². The van der Waals surface area contributed by atoms with Gasteiger partial charge in [0.25, 0.3) is 0 Å². The summed E-state index contributed by atoms with van der Waals surface area (Å²) < 4.78 is 5.71. The molecule has 0 radical (unpaired) electrons. The summed E-state index contributed by atoms with van der Waals surface area (Å²) >= 11 is 1.68. The van der Waals surface area contributed by atoms with Crippen LogP contribution in [0.2, 0.25) is 0 Å². The molecule has 1 fully saturated rings. The van der Waals surface area contributed by atoms with Crippen LogP contribution in [0.3, 0.4) is 0 Å². The second kappa shape index (κ2) is 8.76. The number of ether oxygens (including phenoxy) is 1. The molecule has 23 heavy (non-hydrogen) atoms. The van der Waals surface area contributed by atoms with Crippen LogP contribution in [0.25, 0.3) is 0 Å². The monoisotopic (exact) mass is 339 g/mol. The molecule has 0 spiro atoms. The van der Waals surface area contributed by atoms with Gasteiger partial charge in [-0.05, 0) is 19.8 Å². The van der Waals surface area contributed by atoms with E-state index in [1.165, 1.54) is 0 Å². The van der Waals surface area contributed by atoms with Gasteiger partial charge < -0.3 is 10.1 Å². The number of carbonyl (C=O) groups excluding carboxylic acids is 1. The second-order valence-electron chi connectivity index (χ2n) is 6.69. The molecule has 5 nitrogen and oxygen atoms in total. The van der Waals surface area contributed by atoms with Gasteiger partial charge in [0.2, 0.25) is 5.91 Å². The standard InChI is InChI=1S/C17H29N3O2S/c1-12(2)15-11-23-17(19-15)5-7-18-16(21)6-8-20-9-13(3)22-14(4)10-20/h11-14H,5-10H2,1-4H3,(H,18,21)/t13-,14+. The van der Waals surface area contributed by atoms with E-state index >= 15 is 0 Å². The van der Waals surface area contributed by atoms with Crippen molar-refractivity contribution >= 4 is 17.2 Å². The van der Waals surface area contributed by atoms with E-state index in [4.69, 9.17) is 4.74 Å². The minimum absolute atomic E-state index is 0.123. The average molecular weight is 340 g/mol. The van der Waals surface area contributed by atoms with Crippen LogP contribution in [0.4, 0.5) is 0 Å². The van der Waals surface area contributed by atoms with E-state index in [0.717, 1.165) is 36.8 Å². The largest absolute Gasteiger partial charge is 0.373 e. The summed E-state index contributed by atoms with van der Waals surface area (Å²) in [5, 5.41) is 6.22. The molecule has 1 aliphatic rings. The number of thiazole rings is 1. The van der Waals surface area contributed by atoms with Crippen LogP contribution in [0, 0.1) is 0 Å². The Bertz CT molecular complexity index is 494. The summed E-state index contributed by atoms with van der Waals surface area (Å²) in [7, 11) is 0. The number of aromatic nitrogens is 1. The van der Waals surface area contributed by atoms with Crippen molar-refractivity contribution in [3.05, 3.63) is 16.1 Å². The van der Waals surface area contributed by atoms with Gasteiger partial charge in [-0.1, -0.05) is 13.8 Å². The maximum Gasteiger partial charge on any atom is 0.221 e. The maximum atomic E-state index is 12.0. The van der Waals surface area contributed by atoms with Gasteiger partial charge in [-0.15, -0.1) is 11.3 Å². The van der Waals surface area contributed by atoms with E-state index in [-0.39, 0.29) is 18.1 Å². The number of amides is 1. The lowest BCUT2D eigenvalue weighted by molar-refractivity contribution is -0.122. The molecule has 1 N–H and O–H groups in total. The highest BCUT2D eigenvalue weighted by Crippen LogP contribution is 2.17. The number of rotatable bonds is 7. The summed E-state index contributed by atoms with van der Waals surface area (Å²) in [6.45, 7) is 11.8. The molecule has 0 bridgehead atoms. The lowest BCUT2D eigenvalue weighted by atomic mass is 10.2. The van der Waals surface area contributed by atoms with Crippen LogP contribution in [0.5, 0.6) is 0 Å². The van der Waals surface area contributed by atoms with Crippen molar-refractivity contribution in [2.75, 3.05) is 26.2 Å². The highest BCUT2D eigenvalue weighted by Gasteiger charge is 2.22. The maximum absolute atomic E-state index is 12.0. The molecule has 1 aliphatic heterocycles. The number of nitrogens with zero attached hydrogens (tertiary/aromatic N) is 2. The van der Waals surface area contributed by atoms with Gasteiger partial charge in [-0.25, -0.2) is 4.98 Å². The van der Waals surface area contributed by atoms with Crippen molar-refractivity contribution in [1.82, 2.24) is 15.2 Å². The number of hydrogen-bond donors (Lipinski definition) is 1. The predicted molar refractivity (Wildman–Crippen MR) is 94.0 cm³/mol. The van der Waals surface area contributed by atoms with Gasteiger partial charge in [0.1, 0.15) is 0 Å². The van der Waals surface area contributed by atoms with Gasteiger partial charge in [0.05, 0.1) is 22.9 Å². The van der Waals surface area contributed by atoms with Crippen LogP contribution < -0.4 is 5.32 Å². The first-order valence-electron chi connectivity index (χ1n) is 8.53. The summed E-state index contributed by atoms with van der Waals surface area (Å²) in [6, 6.07) is 0. The van der Waals surface area contributed by atoms with Crippen LogP contribution >= 0.6 is 11.3 Å². The molecule has 0 saturated carbocycles. The van der Waals surface area contributed by atoms with Crippen LogP contribution in [-0.4, -0.2) is 54.2 Å². The van der Waals surface area contributed by atoms with E-state index < -0.39 is 0 Å². The predicted octanol–water partition coefficient (Wildman–Crippen LogP) is 2.42. The van der Waals surface area contributed by atoms with Gasteiger partial charge >= 0.3 is 0 Å². The Morgan fingerprint density at radius 3 is 2.74 bits per heavy atom. The minimum Gasteiger partial charge on any atom is -0.373 e. The van der Waals surface area contributed by atoms with Crippen LogP contribution in [0.1, 0.15) is 50.7 Å². The Morgan fingerprint density at radius 2 is 2.13 bits per heavy atom. The molecular weight excluding hydrogens is 310 g/mol. The summed E-state index contributed by atoms with van der Waals surface area (Å²) in [5.74, 6) is 0.588. The van der Waals surface area contributed by atoms with E-state index in [1.807, 2.05) is 0 Å². The first-order valence-corrected chi connectivity index (χ1v) is 9.40. The fraction of sp³-hybridized carbons (Fsp3) is 0.765. The smallest absolute Gasteiger partial charge is 0.221 e. The molecule has 1 amide bonds. The lowest BCUT2D eigenvalue weighted by Gasteiger charge is -2.35. The summed E-state index contributed by atoms with van der Waals surface area (Å²) in [5.41, 5.74) is 1.15. The molecule has 0 aromatic carbocycles. The van der Waals surface area contributed by atoms with Crippen molar-refractivity contribution < 1.29 is 9.53 Å². The molecule has 0 unspecified atom stereocenters. The van der Waals surface area contributed by atoms with Gasteiger partial charge in [-0.2, -0.15) is 0 Å². The Morgan fingerprint density at radius 1 is 1.43 bits per heavy atom. The zero-order chi connectivity index (χ0) is 16.8. The Kier molecular flexibility index (Phi) is 6.99. The molecule has 1 aromatic heterocycles. The number of nitrogens with one attached hydrogen (secondary N) is 1. The normalized spacial score (nSPS) is 22.5. The topological polar surface area (TPSA) is 54.5 Å². The SMILES string of the molecule is CC(C)c1csc(CCNC(=O)CCN2C[C@@H](C)O[C@@H](C)C2)n1. The summed E-state index contributed by atoms with van der Waals surface area (Å²) in [6.07, 6.45) is 1.87. The second-order valence-corrected chi connectivity index (χ2v) is 7.63. The molecule has 2 heterocycles. The first kappa shape index (κ1) is 18.4. The number of morpholine rings is 1. The van der Waals surface area contributed by atoms with E-state index in [1.54, 1.807) is 11.3 Å². The molecule has 1 saturated heterocycles. The van der Waals surface area contributed by atoms with Gasteiger partial charge in [0.15, 0.2) is 0 Å². The molecule has 130 valence electrons. The van der Waals surface area contributed by atoms with Crippen molar-refractivity contribution in [1.29, 1.82) is 0 Å². The molecule has 6 heteroatoms. The number of hydrogen-bond acceptors (Lipinski definition) is 5. The molecule has 2 atom stereocenters. The third kappa shape index (κ3) is 6.20. The van der Waals surface area contributed by atoms with Crippen molar-refractivity contribution in [3.8, 4) is 0 Å². The third-order valence-electron chi connectivity index (χ3n) is 3.97.